The topological polar surface area (TPSA) is 53.7 Å². The van der Waals surface area contributed by atoms with Gasteiger partial charge in [0, 0.05) is 21.3 Å². The van der Waals surface area contributed by atoms with Gasteiger partial charge in [-0.05, 0) is 0 Å². The maximum absolute atomic E-state index is 5.23. The minimum atomic E-state index is -1.38. The van der Waals surface area contributed by atoms with Crippen LogP contribution < -0.4 is 5.73 Å². The Balaban J connectivity index is 3.58. The molecule has 4 nitrogen and oxygen atoms in total. The van der Waals surface area contributed by atoms with Crippen LogP contribution in [-0.4, -0.2) is 27.4 Å². The lowest BCUT2D eigenvalue weighted by Crippen LogP contribution is -2.45. The molecule has 2 N–H and O–H groups in total. The summed E-state index contributed by atoms with van der Waals surface area (Å²) >= 11 is 0. The Kier molecular flexibility index (Phi) is 2.93. The van der Waals surface area contributed by atoms with Crippen LogP contribution in [0.25, 0.3) is 0 Å². The van der Waals surface area contributed by atoms with Crippen molar-refractivity contribution in [1.82, 2.24) is 0 Å². The Bertz CT molecular complexity index is 54.0. The minimum Gasteiger partial charge on any atom is -0.318 e. The fourth-order valence-electron chi connectivity index (χ4n) is 0.250. The molecule has 0 spiro atoms. The zero-order chi connectivity index (χ0) is 6.62. The molecule has 0 rings (SSSR count). The van der Waals surface area contributed by atoms with Crippen LogP contribution in [0.4, 0.5) is 0 Å². The normalized spacial score (nSPS) is 12.0. The predicted octanol–water partition coefficient (Wildman–Crippen LogP) is -0.504. The van der Waals surface area contributed by atoms with Crippen molar-refractivity contribution >= 4 is 0 Å². The molecule has 4 heteroatoms. The Morgan fingerprint density at radius 2 is 1.25 bits per heavy atom. The highest BCUT2D eigenvalue weighted by Crippen LogP contribution is 2.00. The Hall–Kier alpha value is -0.160. The van der Waals surface area contributed by atoms with E-state index in [1.165, 1.54) is 21.3 Å². The van der Waals surface area contributed by atoms with Crippen molar-refractivity contribution < 1.29 is 14.2 Å². The van der Waals surface area contributed by atoms with Gasteiger partial charge in [0.1, 0.15) is 0 Å². The number of hydrogen-bond donors (Lipinski definition) is 1. The van der Waals surface area contributed by atoms with E-state index in [4.69, 9.17) is 5.73 Å². The maximum atomic E-state index is 5.23. The molecule has 0 aromatic rings. The third-order valence-corrected chi connectivity index (χ3v) is 0.854. The van der Waals surface area contributed by atoms with Crippen LogP contribution in [0.2, 0.25) is 0 Å². The van der Waals surface area contributed by atoms with Gasteiger partial charge < -0.3 is 14.2 Å². The van der Waals surface area contributed by atoms with Gasteiger partial charge in [-0.25, -0.2) is 0 Å². The molecular formula is C4H11NO3. The SMILES string of the molecule is COC(N)(OC)OC. The van der Waals surface area contributed by atoms with Gasteiger partial charge in [-0.15, -0.1) is 0 Å². The van der Waals surface area contributed by atoms with Crippen molar-refractivity contribution in [2.24, 2.45) is 5.73 Å². The van der Waals surface area contributed by atoms with E-state index in [1.807, 2.05) is 0 Å². The van der Waals surface area contributed by atoms with Crippen LogP contribution in [0, 0.1) is 0 Å². The lowest BCUT2D eigenvalue weighted by atomic mass is 11.0. The van der Waals surface area contributed by atoms with Crippen LogP contribution in [-0.2, 0) is 14.2 Å². The van der Waals surface area contributed by atoms with Crippen molar-refractivity contribution in [3.63, 3.8) is 0 Å². The third-order valence-electron chi connectivity index (χ3n) is 0.854. The largest absolute Gasteiger partial charge is 0.347 e. The number of nitrogens with two attached hydrogens (primary N) is 1. The monoisotopic (exact) mass is 121 g/mol. The molecule has 0 aromatic carbocycles. The second kappa shape index (κ2) is 2.99. The molecular weight excluding hydrogens is 110 g/mol. The fraction of sp³-hybridized carbons (Fsp3) is 1.00. The molecule has 0 aliphatic rings. The predicted molar refractivity (Wildman–Crippen MR) is 27.9 cm³/mol. The summed E-state index contributed by atoms with van der Waals surface area (Å²) in [7, 11) is 4.19. The zero-order valence-corrected chi connectivity index (χ0v) is 5.30. The molecule has 0 saturated heterocycles. The van der Waals surface area contributed by atoms with E-state index in [0.717, 1.165) is 0 Å². The molecule has 0 aliphatic carbocycles. The molecule has 0 amide bonds. The van der Waals surface area contributed by atoms with Crippen molar-refractivity contribution in [3.8, 4) is 0 Å². The smallest absolute Gasteiger partial charge is 0.318 e. The lowest BCUT2D eigenvalue weighted by Gasteiger charge is -2.22. The summed E-state index contributed by atoms with van der Waals surface area (Å²) in [5, 5.41) is 0. The average Bonchev–Trinajstić information content (AvgIpc) is 1.87. The van der Waals surface area contributed by atoms with Crippen LogP contribution in [0.1, 0.15) is 0 Å². The molecule has 0 atom stereocenters. The van der Waals surface area contributed by atoms with Gasteiger partial charge in [0.05, 0.1) is 0 Å². The standard InChI is InChI=1S/C4H11NO3/c1-6-4(5,7-2)8-3/h5H2,1-3H3. The van der Waals surface area contributed by atoms with E-state index >= 15 is 0 Å². The van der Waals surface area contributed by atoms with E-state index in [2.05, 4.69) is 14.2 Å². The highest BCUT2D eigenvalue weighted by Gasteiger charge is 2.21. The van der Waals surface area contributed by atoms with Crippen LogP contribution in [0.3, 0.4) is 0 Å². The second-order valence-electron chi connectivity index (χ2n) is 1.22. The number of ether oxygens (including phenoxy) is 3. The summed E-state index contributed by atoms with van der Waals surface area (Å²) < 4.78 is 13.7. The van der Waals surface area contributed by atoms with Crippen molar-refractivity contribution in [2.45, 2.75) is 6.10 Å². The molecule has 0 fully saturated rings. The van der Waals surface area contributed by atoms with E-state index < -0.39 is 6.10 Å². The van der Waals surface area contributed by atoms with Gasteiger partial charge in [-0.3, -0.25) is 5.73 Å². The van der Waals surface area contributed by atoms with Crippen molar-refractivity contribution in [1.29, 1.82) is 0 Å². The summed E-state index contributed by atoms with van der Waals surface area (Å²) in [6.45, 7) is 0. The molecule has 8 heavy (non-hydrogen) atoms. The highest BCUT2D eigenvalue weighted by molar-refractivity contribution is 4.35. The fourth-order valence-corrected chi connectivity index (χ4v) is 0.250. The first-order chi connectivity index (χ1) is 3.68. The van der Waals surface area contributed by atoms with Crippen LogP contribution in [0.15, 0.2) is 0 Å². The molecule has 0 heterocycles. The summed E-state index contributed by atoms with van der Waals surface area (Å²) in [5.74, 6) is 0. The highest BCUT2D eigenvalue weighted by atomic mass is 16.9. The summed E-state index contributed by atoms with van der Waals surface area (Å²) in [5.41, 5.74) is 5.23. The van der Waals surface area contributed by atoms with E-state index in [9.17, 15) is 0 Å². The minimum absolute atomic E-state index is 1.38. The van der Waals surface area contributed by atoms with Crippen molar-refractivity contribution in [3.05, 3.63) is 0 Å². The average molecular weight is 121 g/mol. The second-order valence-corrected chi connectivity index (χ2v) is 1.22. The molecule has 50 valence electrons. The van der Waals surface area contributed by atoms with E-state index in [-0.39, 0.29) is 0 Å². The van der Waals surface area contributed by atoms with Gasteiger partial charge in [0.15, 0.2) is 0 Å². The first-order valence-electron chi connectivity index (χ1n) is 2.13. The summed E-state index contributed by atoms with van der Waals surface area (Å²) in [4.78, 5) is 0. The van der Waals surface area contributed by atoms with Crippen LogP contribution in [0.5, 0.6) is 0 Å². The van der Waals surface area contributed by atoms with Crippen LogP contribution >= 0.6 is 0 Å². The molecule has 0 unspecified atom stereocenters. The first kappa shape index (κ1) is 7.84. The van der Waals surface area contributed by atoms with E-state index in [0.29, 0.717) is 0 Å². The first-order valence-corrected chi connectivity index (χ1v) is 2.13. The number of methoxy groups -OCH3 is 3. The molecule has 0 saturated carbocycles. The summed E-state index contributed by atoms with van der Waals surface area (Å²) in [6, 6.07) is 0. The third kappa shape index (κ3) is 1.75. The van der Waals surface area contributed by atoms with Gasteiger partial charge in [0.25, 0.3) is 0 Å². The Morgan fingerprint density at radius 3 is 1.25 bits per heavy atom. The van der Waals surface area contributed by atoms with Gasteiger partial charge in [0.2, 0.25) is 0 Å². The Labute approximate surface area is 48.5 Å². The maximum Gasteiger partial charge on any atom is 0.347 e. The molecule has 0 bridgehead atoms. The lowest BCUT2D eigenvalue weighted by molar-refractivity contribution is -0.348. The van der Waals surface area contributed by atoms with Crippen molar-refractivity contribution in [2.75, 3.05) is 21.3 Å². The molecule has 0 aliphatic heterocycles. The van der Waals surface area contributed by atoms with Gasteiger partial charge >= 0.3 is 6.10 Å². The zero-order valence-electron chi connectivity index (χ0n) is 5.30. The van der Waals surface area contributed by atoms with Gasteiger partial charge in [-0.2, -0.15) is 0 Å². The quantitative estimate of drug-likeness (QED) is 0.511. The van der Waals surface area contributed by atoms with Gasteiger partial charge in [-0.1, -0.05) is 0 Å². The van der Waals surface area contributed by atoms with E-state index in [1.54, 1.807) is 0 Å². The Morgan fingerprint density at radius 1 is 1.00 bits per heavy atom. The molecule has 0 aromatic heterocycles. The summed E-state index contributed by atoms with van der Waals surface area (Å²) in [6.07, 6.45) is -1.38. The number of hydrogen-bond acceptors (Lipinski definition) is 4. The number of rotatable bonds is 3. The molecule has 0 radical (unpaired) electrons.